The SMILES string of the molecule is CC(C)c1noc(COc2ccccc2CNC2CC2)n1. The number of nitrogens with one attached hydrogen (secondary N) is 1. The molecule has 0 radical (unpaired) electrons. The monoisotopic (exact) mass is 287 g/mol. The highest BCUT2D eigenvalue weighted by Crippen LogP contribution is 2.23. The summed E-state index contributed by atoms with van der Waals surface area (Å²) in [5, 5.41) is 7.44. The molecule has 1 saturated carbocycles. The third-order valence-corrected chi connectivity index (χ3v) is 3.48. The molecule has 1 heterocycles. The summed E-state index contributed by atoms with van der Waals surface area (Å²) in [5.74, 6) is 2.37. The highest BCUT2D eigenvalue weighted by atomic mass is 16.5. The number of nitrogens with zero attached hydrogens (tertiary/aromatic N) is 2. The number of ether oxygens (including phenoxy) is 1. The fraction of sp³-hybridized carbons (Fsp3) is 0.500. The predicted octanol–water partition coefficient (Wildman–Crippen LogP) is 3.02. The quantitative estimate of drug-likeness (QED) is 0.848. The summed E-state index contributed by atoms with van der Waals surface area (Å²) in [4.78, 5) is 4.32. The molecule has 0 atom stereocenters. The van der Waals surface area contributed by atoms with Crippen LogP contribution in [0.3, 0.4) is 0 Å². The summed E-state index contributed by atoms with van der Waals surface area (Å²) in [5.41, 5.74) is 1.16. The molecule has 1 N–H and O–H groups in total. The van der Waals surface area contributed by atoms with E-state index in [9.17, 15) is 0 Å². The molecule has 1 fully saturated rings. The summed E-state index contributed by atoms with van der Waals surface area (Å²) in [6, 6.07) is 8.74. The number of para-hydroxylation sites is 1. The van der Waals surface area contributed by atoms with Crippen LogP contribution in [0.5, 0.6) is 5.75 Å². The Morgan fingerprint density at radius 1 is 1.33 bits per heavy atom. The van der Waals surface area contributed by atoms with Gasteiger partial charge in [-0.05, 0) is 18.9 Å². The van der Waals surface area contributed by atoms with Crippen molar-refractivity contribution in [3.8, 4) is 5.75 Å². The lowest BCUT2D eigenvalue weighted by atomic mass is 10.2. The Hall–Kier alpha value is -1.88. The minimum Gasteiger partial charge on any atom is -0.483 e. The number of benzene rings is 1. The van der Waals surface area contributed by atoms with Gasteiger partial charge in [-0.2, -0.15) is 4.98 Å². The predicted molar refractivity (Wildman–Crippen MR) is 79.0 cm³/mol. The normalized spacial score (nSPS) is 14.6. The topological polar surface area (TPSA) is 60.2 Å². The zero-order valence-electron chi connectivity index (χ0n) is 12.5. The van der Waals surface area contributed by atoms with Crippen LogP contribution in [0.15, 0.2) is 28.8 Å². The van der Waals surface area contributed by atoms with Gasteiger partial charge < -0.3 is 14.6 Å². The van der Waals surface area contributed by atoms with Gasteiger partial charge in [0.2, 0.25) is 0 Å². The third kappa shape index (κ3) is 3.82. The van der Waals surface area contributed by atoms with Crippen LogP contribution in [-0.4, -0.2) is 16.2 Å². The zero-order chi connectivity index (χ0) is 14.7. The molecule has 0 spiro atoms. The lowest BCUT2D eigenvalue weighted by Crippen LogP contribution is -2.16. The van der Waals surface area contributed by atoms with Crippen molar-refractivity contribution < 1.29 is 9.26 Å². The second kappa shape index (κ2) is 6.26. The van der Waals surface area contributed by atoms with Gasteiger partial charge in [-0.1, -0.05) is 37.2 Å². The molecule has 1 aromatic carbocycles. The van der Waals surface area contributed by atoms with Gasteiger partial charge in [0.05, 0.1) is 0 Å². The molecule has 0 unspecified atom stereocenters. The molecule has 112 valence electrons. The van der Waals surface area contributed by atoms with Crippen LogP contribution in [0.2, 0.25) is 0 Å². The first kappa shape index (κ1) is 14.1. The van der Waals surface area contributed by atoms with E-state index in [1.807, 2.05) is 32.0 Å². The first-order valence-corrected chi connectivity index (χ1v) is 7.49. The van der Waals surface area contributed by atoms with Crippen LogP contribution < -0.4 is 10.1 Å². The molecule has 0 bridgehead atoms. The summed E-state index contributed by atoms with van der Waals surface area (Å²) < 4.78 is 11.0. The van der Waals surface area contributed by atoms with Crippen molar-refractivity contribution in [2.45, 2.75) is 51.8 Å². The van der Waals surface area contributed by atoms with E-state index in [0.29, 0.717) is 18.5 Å². The van der Waals surface area contributed by atoms with E-state index < -0.39 is 0 Å². The van der Waals surface area contributed by atoms with Crippen LogP contribution in [0.4, 0.5) is 0 Å². The largest absolute Gasteiger partial charge is 0.483 e. The van der Waals surface area contributed by atoms with Gasteiger partial charge in [0.25, 0.3) is 5.89 Å². The fourth-order valence-electron chi connectivity index (χ4n) is 2.03. The molecular formula is C16H21N3O2. The summed E-state index contributed by atoms with van der Waals surface area (Å²) in [7, 11) is 0. The highest BCUT2D eigenvalue weighted by molar-refractivity contribution is 5.33. The average Bonchev–Trinajstić information content (AvgIpc) is 3.19. The molecule has 21 heavy (non-hydrogen) atoms. The van der Waals surface area contributed by atoms with Gasteiger partial charge in [-0.15, -0.1) is 0 Å². The minimum absolute atomic E-state index is 0.262. The molecular weight excluding hydrogens is 266 g/mol. The van der Waals surface area contributed by atoms with Gasteiger partial charge >= 0.3 is 0 Å². The standard InChI is InChI=1S/C16H21N3O2/c1-11(2)16-18-15(21-19-16)10-20-14-6-4-3-5-12(14)9-17-13-7-8-13/h3-6,11,13,17H,7-10H2,1-2H3. The molecule has 3 rings (SSSR count). The average molecular weight is 287 g/mol. The minimum atomic E-state index is 0.262. The van der Waals surface area contributed by atoms with Crippen LogP contribution in [0.1, 0.15) is 49.9 Å². The van der Waals surface area contributed by atoms with Crippen molar-refractivity contribution in [2.75, 3.05) is 0 Å². The van der Waals surface area contributed by atoms with E-state index in [1.165, 1.54) is 12.8 Å². The molecule has 0 saturated heterocycles. The lowest BCUT2D eigenvalue weighted by Gasteiger charge is -2.10. The Balaban J connectivity index is 1.60. The van der Waals surface area contributed by atoms with Crippen LogP contribution in [-0.2, 0) is 13.2 Å². The molecule has 1 aromatic heterocycles. The van der Waals surface area contributed by atoms with Gasteiger partial charge in [0.15, 0.2) is 12.4 Å². The van der Waals surface area contributed by atoms with Crippen LogP contribution in [0.25, 0.3) is 0 Å². The first-order valence-electron chi connectivity index (χ1n) is 7.49. The second-order valence-electron chi connectivity index (χ2n) is 5.75. The highest BCUT2D eigenvalue weighted by Gasteiger charge is 2.20. The zero-order valence-corrected chi connectivity index (χ0v) is 12.5. The van der Waals surface area contributed by atoms with Crippen molar-refractivity contribution in [2.24, 2.45) is 0 Å². The fourth-order valence-corrected chi connectivity index (χ4v) is 2.03. The van der Waals surface area contributed by atoms with Crippen molar-refractivity contribution in [3.05, 3.63) is 41.5 Å². The van der Waals surface area contributed by atoms with Gasteiger partial charge in [-0.3, -0.25) is 0 Å². The Kier molecular flexibility index (Phi) is 4.20. The maximum absolute atomic E-state index is 5.83. The summed E-state index contributed by atoms with van der Waals surface area (Å²) in [6.45, 7) is 5.21. The second-order valence-corrected chi connectivity index (χ2v) is 5.75. The van der Waals surface area contributed by atoms with E-state index in [-0.39, 0.29) is 5.92 Å². The maximum Gasteiger partial charge on any atom is 0.264 e. The van der Waals surface area contributed by atoms with Gasteiger partial charge in [-0.25, -0.2) is 0 Å². The molecule has 0 aliphatic heterocycles. The Morgan fingerprint density at radius 2 is 2.14 bits per heavy atom. The molecule has 0 amide bonds. The number of hydrogen-bond donors (Lipinski definition) is 1. The number of rotatable bonds is 7. The van der Waals surface area contributed by atoms with E-state index in [1.54, 1.807) is 0 Å². The lowest BCUT2D eigenvalue weighted by molar-refractivity contribution is 0.240. The molecule has 2 aromatic rings. The Labute approximate surface area is 124 Å². The van der Waals surface area contributed by atoms with Crippen molar-refractivity contribution in [1.82, 2.24) is 15.5 Å². The van der Waals surface area contributed by atoms with Crippen molar-refractivity contribution in [1.29, 1.82) is 0 Å². The van der Waals surface area contributed by atoms with E-state index in [4.69, 9.17) is 9.26 Å². The van der Waals surface area contributed by atoms with Crippen LogP contribution in [0, 0.1) is 0 Å². The van der Waals surface area contributed by atoms with Gasteiger partial charge in [0.1, 0.15) is 5.75 Å². The third-order valence-electron chi connectivity index (χ3n) is 3.48. The van der Waals surface area contributed by atoms with Crippen molar-refractivity contribution in [3.63, 3.8) is 0 Å². The molecule has 5 nitrogen and oxygen atoms in total. The molecule has 1 aliphatic carbocycles. The van der Waals surface area contributed by atoms with E-state index >= 15 is 0 Å². The summed E-state index contributed by atoms with van der Waals surface area (Å²) in [6.07, 6.45) is 2.56. The number of hydrogen-bond acceptors (Lipinski definition) is 5. The first-order chi connectivity index (χ1) is 10.2. The van der Waals surface area contributed by atoms with Crippen molar-refractivity contribution >= 4 is 0 Å². The van der Waals surface area contributed by atoms with Crippen LogP contribution >= 0.6 is 0 Å². The van der Waals surface area contributed by atoms with E-state index in [2.05, 4.69) is 21.5 Å². The molecule has 5 heteroatoms. The summed E-state index contributed by atoms with van der Waals surface area (Å²) >= 11 is 0. The Bertz CT molecular complexity index is 591. The van der Waals surface area contributed by atoms with E-state index in [0.717, 1.165) is 23.7 Å². The Morgan fingerprint density at radius 3 is 2.86 bits per heavy atom. The number of aromatic nitrogens is 2. The maximum atomic E-state index is 5.83. The molecule has 1 aliphatic rings. The smallest absolute Gasteiger partial charge is 0.264 e. The van der Waals surface area contributed by atoms with Gasteiger partial charge in [0, 0.05) is 24.1 Å².